The molecule has 1 saturated heterocycles. The van der Waals surface area contributed by atoms with Gasteiger partial charge in [0.15, 0.2) is 0 Å². The quantitative estimate of drug-likeness (QED) is 0.824. The molecule has 0 saturated carbocycles. The van der Waals surface area contributed by atoms with Crippen LogP contribution in [0, 0.1) is 0 Å². The van der Waals surface area contributed by atoms with Gasteiger partial charge in [-0.05, 0) is 56.4 Å². The molecule has 1 amide bonds. The first-order chi connectivity index (χ1) is 13.2. The minimum Gasteiger partial charge on any atom is -0.444 e. The largest absolute Gasteiger partial charge is 0.444 e. The predicted octanol–water partition coefficient (Wildman–Crippen LogP) is 4.84. The number of hydrogen-bond acceptors (Lipinski definition) is 4. The van der Waals surface area contributed by atoms with Crippen molar-refractivity contribution >= 4 is 11.9 Å². The Hall–Kier alpha value is -2.56. The second-order valence-electron chi connectivity index (χ2n) is 8.85. The first kappa shape index (κ1) is 20.2. The second-order valence-corrected chi connectivity index (χ2v) is 8.85. The summed E-state index contributed by atoms with van der Waals surface area (Å²) in [7, 11) is 0. The number of hydrogen-bond donors (Lipinski definition) is 1. The van der Waals surface area contributed by atoms with Crippen LogP contribution in [0.3, 0.4) is 0 Å². The van der Waals surface area contributed by atoms with Crippen LogP contribution in [0.15, 0.2) is 48.7 Å². The highest BCUT2D eigenvalue weighted by atomic mass is 16.6. The Kier molecular flexibility index (Phi) is 5.64. The van der Waals surface area contributed by atoms with Gasteiger partial charge in [-0.25, -0.2) is 9.78 Å². The normalized spacial score (nSPS) is 19.7. The lowest BCUT2D eigenvalue weighted by molar-refractivity contribution is 0.0462. The summed E-state index contributed by atoms with van der Waals surface area (Å²) in [5.74, 6) is 1.35. The summed E-state index contributed by atoms with van der Waals surface area (Å²) in [4.78, 5) is 19.4. The van der Waals surface area contributed by atoms with Crippen molar-refractivity contribution in [2.75, 3.05) is 18.0 Å². The van der Waals surface area contributed by atoms with E-state index in [1.807, 2.05) is 39.0 Å². The number of nitrogens with zero attached hydrogens (tertiary/aromatic N) is 2. The summed E-state index contributed by atoms with van der Waals surface area (Å²) in [6.45, 7) is 11.5. The van der Waals surface area contributed by atoms with E-state index in [9.17, 15) is 4.79 Å². The molecular formula is C23H31N3O2. The molecule has 0 aliphatic carbocycles. The number of rotatable bonds is 4. The van der Waals surface area contributed by atoms with Gasteiger partial charge in [-0.3, -0.25) is 0 Å². The van der Waals surface area contributed by atoms with Gasteiger partial charge >= 0.3 is 6.09 Å². The van der Waals surface area contributed by atoms with Gasteiger partial charge in [0, 0.05) is 19.3 Å². The van der Waals surface area contributed by atoms with Crippen LogP contribution in [0.1, 0.15) is 58.1 Å². The van der Waals surface area contributed by atoms with E-state index >= 15 is 0 Å². The van der Waals surface area contributed by atoms with Gasteiger partial charge in [0.05, 0.1) is 5.54 Å². The van der Waals surface area contributed by atoms with Gasteiger partial charge in [-0.15, -0.1) is 0 Å². The topological polar surface area (TPSA) is 54.5 Å². The molecule has 2 heterocycles. The van der Waals surface area contributed by atoms with Crippen molar-refractivity contribution in [3.8, 4) is 0 Å². The fraction of sp³-hybridized carbons (Fsp3) is 0.478. The molecule has 5 heteroatoms. The van der Waals surface area contributed by atoms with Crippen LogP contribution in [0.5, 0.6) is 0 Å². The number of benzene rings is 1. The molecule has 1 aliphatic rings. The van der Waals surface area contributed by atoms with Crippen LogP contribution >= 0.6 is 0 Å². The highest BCUT2D eigenvalue weighted by Gasteiger charge is 2.42. The van der Waals surface area contributed by atoms with Crippen LogP contribution in [0.25, 0.3) is 0 Å². The lowest BCUT2D eigenvalue weighted by atomic mass is 9.86. The summed E-state index contributed by atoms with van der Waals surface area (Å²) < 4.78 is 5.58. The van der Waals surface area contributed by atoms with Crippen molar-refractivity contribution in [1.29, 1.82) is 0 Å². The number of carbonyl (C=O) groups excluding carboxylic acids is 1. The van der Waals surface area contributed by atoms with E-state index in [1.165, 1.54) is 5.56 Å². The molecule has 1 aliphatic heterocycles. The molecule has 1 unspecified atom stereocenters. The molecule has 1 N–H and O–H groups in total. The highest BCUT2D eigenvalue weighted by Crippen LogP contribution is 2.35. The van der Waals surface area contributed by atoms with E-state index in [-0.39, 0.29) is 6.09 Å². The number of amides is 1. The average Bonchev–Trinajstić information content (AvgIpc) is 3.06. The molecule has 1 fully saturated rings. The van der Waals surface area contributed by atoms with Crippen molar-refractivity contribution in [3.63, 3.8) is 0 Å². The molecular weight excluding hydrogens is 350 g/mol. The van der Waals surface area contributed by atoms with Gasteiger partial charge in [0.2, 0.25) is 0 Å². The van der Waals surface area contributed by atoms with Crippen LogP contribution in [0.4, 0.5) is 10.6 Å². The molecule has 150 valence electrons. The van der Waals surface area contributed by atoms with Crippen molar-refractivity contribution < 1.29 is 9.53 Å². The van der Waals surface area contributed by atoms with Crippen molar-refractivity contribution in [3.05, 3.63) is 59.8 Å². The molecule has 1 aromatic carbocycles. The van der Waals surface area contributed by atoms with Crippen LogP contribution in [-0.4, -0.2) is 29.8 Å². The molecule has 1 atom stereocenters. The Morgan fingerprint density at radius 1 is 1.21 bits per heavy atom. The van der Waals surface area contributed by atoms with Crippen LogP contribution in [-0.2, 0) is 10.3 Å². The van der Waals surface area contributed by atoms with E-state index in [2.05, 4.69) is 53.3 Å². The minimum atomic E-state index is -0.537. The van der Waals surface area contributed by atoms with Crippen LogP contribution < -0.4 is 10.2 Å². The Morgan fingerprint density at radius 2 is 2.00 bits per heavy atom. The zero-order chi connectivity index (χ0) is 20.4. The van der Waals surface area contributed by atoms with Crippen LogP contribution in [0.2, 0.25) is 0 Å². The fourth-order valence-electron chi connectivity index (χ4n) is 3.65. The second kappa shape index (κ2) is 7.82. The number of pyridine rings is 1. The first-order valence-electron chi connectivity index (χ1n) is 9.96. The van der Waals surface area contributed by atoms with Crippen molar-refractivity contribution in [2.45, 2.75) is 58.1 Å². The highest BCUT2D eigenvalue weighted by molar-refractivity contribution is 5.70. The SMILES string of the molecule is CC(C)c1cccc(C2(NC(=O)OC(C)(C)C)CCN(c3ccccn3)C2)c1. The number of nitrogens with one attached hydrogen (secondary N) is 1. The molecule has 0 spiro atoms. The third-order valence-corrected chi connectivity index (χ3v) is 5.09. The Balaban J connectivity index is 1.93. The van der Waals surface area contributed by atoms with Gasteiger partial charge in [-0.1, -0.05) is 44.2 Å². The summed E-state index contributed by atoms with van der Waals surface area (Å²) >= 11 is 0. The smallest absolute Gasteiger partial charge is 0.408 e. The molecule has 28 heavy (non-hydrogen) atoms. The maximum Gasteiger partial charge on any atom is 0.408 e. The van der Waals surface area contributed by atoms with E-state index in [0.717, 1.165) is 24.3 Å². The van der Waals surface area contributed by atoms with Gasteiger partial charge in [0.1, 0.15) is 11.4 Å². The van der Waals surface area contributed by atoms with E-state index < -0.39 is 11.1 Å². The first-order valence-corrected chi connectivity index (χ1v) is 9.96. The van der Waals surface area contributed by atoms with E-state index in [1.54, 1.807) is 6.20 Å². The zero-order valence-corrected chi connectivity index (χ0v) is 17.5. The number of carbonyl (C=O) groups is 1. The van der Waals surface area contributed by atoms with Gasteiger partial charge < -0.3 is 15.0 Å². The Labute approximate surface area is 168 Å². The maximum atomic E-state index is 12.7. The molecule has 5 nitrogen and oxygen atoms in total. The minimum absolute atomic E-state index is 0.384. The van der Waals surface area contributed by atoms with Crippen molar-refractivity contribution in [1.82, 2.24) is 10.3 Å². The summed E-state index contributed by atoms with van der Waals surface area (Å²) in [5.41, 5.74) is 1.33. The van der Waals surface area contributed by atoms with E-state index in [0.29, 0.717) is 12.5 Å². The number of ether oxygens (including phenoxy) is 1. The Morgan fingerprint density at radius 3 is 2.64 bits per heavy atom. The lowest BCUT2D eigenvalue weighted by Crippen LogP contribution is -2.49. The van der Waals surface area contributed by atoms with Gasteiger partial charge in [0.25, 0.3) is 0 Å². The van der Waals surface area contributed by atoms with Gasteiger partial charge in [-0.2, -0.15) is 0 Å². The standard InChI is InChI=1S/C23H31N3O2/c1-17(2)18-9-8-10-19(15-18)23(25-21(27)28-22(3,4)5)12-14-26(16-23)20-11-6-7-13-24-20/h6-11,13,15,17H,12,14,16H2,1-5H3,(H,25,27). The molecule has 1 aromatic heterocycles. The Bertz CT molecular complexity index is 814. The molecule has 0 radical (unpaired) electrons. The van der Waals surface area contributed by atoms with E-state index in [4.69, 9.17) is 4.74 Å². The third kappa shape index (κ3) is 4.64. The third-order valence-electron chi connectivity index (χ3n) is 5.09. The summed E-state index contributed by atoms with van der Waals surface area (Å²) in [5, 5.41) is 3.20. The van der Waals surface area contributed by atoms with Crippen molar-refractivity contribution in [2.24, 2.45) is 0 Å². The molecule has 3 rings (SSSR count). The lowest BCUT2D eigenvalue weighted by Gasteiger charge is -2.33. The fourth-order valence-corrected chi connectivity index (χ4v) is 3.65. The summed E-state index contributed by atoms with van der Waals surface area (Å²) in [6.07, 6.45) is 2.21. The summed E-state index contributed by atoms with van der Waals surface area (Å²) in [6, 6.07) is 14.4. The monoisotopic (exact) mass is 381 g/mol. The average molecular weight is 382 g/mol. The molecule has 2 aromatic rings. The molecule has 0 bridgehead atoms. The predicted molar refractivity (Wildman–Crippen MR) is 113 cm³/mol. The number of anilines is 1. The maximum absolute atomic E-state index is 12.7. The zero-order valence-electron chi connectivity index (χ0n) is 17.5. The number of aromatic nitrogens is 1. The number of alkyl carbamates (subject to hydrolysis) is 1.